The third kappa shape index (κ3) is 4.45. The number of allylic oxidation sites excluding steroid dienone is 1. The van der Waals surface area contributed by atoms with Crippen molar-refractivity contribution >= 4 is 5.91 Å². The highest BCUT2D eigenvalue weighted by atomic mass is 16.1. The molecule has 2 aromatic carbocycles. The van der Waals surface area contributed by atoms with Gasteiger partial charge in [-0.25, -0.2) is 0 Å². The predicted molar refractivity (Wildman–Crippen MR) is 116 cm³/mol. The molecular formula is C26H26N2O. The summed E-state index contributed by atoms with van der Waals surface area (Å²) < 4.78 is 0. The molecule has 1 aliphatic carbocycles. The van der Waals surface area contributed by atoms with Gasteiger partial charge in [0.05, 0.1) is 0 Å². The molecule has 0 aliphatic heterocycles. The molecule has 0 unspecified atom stereocenters. The minimum Gasteiger partial charge on any atom is -0.353 e. The van der Waals surface area contributed by atoms with Crippen molar-refractivity contribution in [2.45, 2.75) is 24.7 Å². The molecule has 1 heterocycles. The number of aryl methyl sites for hydroxylation is 1. The van der Waals surface area contributed by atoms with Crippen LogP contribution < -0.4 is 5.32 Å². The number of aromatic nitrogens is 1. The van der Waals surface area contributed by atoms with Gasteiger partial charge in [0.25, 0.3) is 0 Å². The third-order valence-corrected chi connectivity index (χ3v) is 5.76. The fourth-order valence-electron chi connectivity index (χ4n) is 4.14. The smallest absolute Gasteiger partial charge is 0.243 e. The van der Waals surface area contributed by atoms with Crippen LogP contribution in [0.1, 0.15) is 29.5 Å². The highest BCUT2D eigenvalue weighted by molar-refractivity contribution is 5.87. The zero-order valence-corrected chi connectivity index (χ0v) is 16.5. The van der Waals surface area contributed by atoms with E-state index in [0.717, 1.165) is 19.3 Å². The molecule has 4 rings (SSSR count). The van der Waals surface area contributed by atoms with E-state index < -0.39 is 0 Å². The Labute approximate surface area is 172 Å². The van der Waals surface area contributed by atoms with Crippen LogP contribution in [0.25, 0.3) is 0 Å². The van der Waals surface area contributed by atoms with E-state index in [2.05, 4.69) is 77.0 Å². The highest BCUT2D eigenvalue weighted by Gasteiger charge is 2.54. The summed E-state index contributed by atoms with van der Waals surface area (Å²) in [7, 11) is 0. The average Bonchev–Trinajstić information content (AvgIpc) is 3.53. The summed E-state index contributed by atoms with van der Waals surface area (Å²) in [6.45, 7) is 0.679. The number of hydrogen-bond acceptors (Lipinski definition) is 2. The Morgan fingerprint density at radius 2 is 1.59 bits per heavy atom. The number of amides is 1. The summed E-state index contributed by atoms with van der Waals surface area (Å²) in [6.07, 6.45) is 10.3. The van der Waals surface area contributed by atoms with Crippen molar-refractivity contribution in [2.75, 3.05) is 6.54 Å². The lowest BCUT2D eigenvalue weighted by molar-refractivity contribution is -0.116. The fraction of sp³-hybridized carbons (Fsp3) is 0.231. The molecule has 29 heavy (non-hydrogen) atoms. The number of pyridine rings is 1. The summed E-state index contributed by atoms with van der Waals surface area (Å²) in [5, 5.41) is 3.00. The van der Waals surface area contributed by atoms with Crippen LogP contribution in [0, 0.1) is 5.92 Å². The van der Waals surface area contributed by atoms with Crippen molar-refractivity contribution in [2.24, 2.45) is 5.92 Å². The molecule has 0 radical (unpaired) electrons. The van der Waals surface area contributed by atoms with Gasteiger partial charge in [-0.15, -0.1) is 0 Å². The van der Waals surface area contributed by atoms with Crippen molar-refractivity contribution < 1.29 is 4.79 Å². The molecule has 1 atom stereocenters. The molecule has 1 aromatic heterocycles. The second-order valence-electron chi connectivity index (χ2n) is 7.62. The number of hydrogen-bond donors (Lipinski definition) is 1. The molecule has 0 bridgehead atoms. The lowest BCUT2D eigenvalue weighted by Crippen LogP contribution is -2.22. The Hall–Kier alpha value is -3.20. The summed E-state index contributed by atoms with van der Waals surface area (Å²) >= 11 is 0. The van der Waals surface area contributed by atoms with Crippen molar-refractivity contribution in [3.05, 3.63) is 114 Å². The van der Waals surface area contributed by atoms with Crippen LogP contribution in [0.2, 0.25) is 0 Å². The standard InChI is InChI=1S/C26H26N2O/c29-25(28-17-7-8-21-15-18-27-19-16-21)14-13-24-20-26(24,22-9-3-1-4-10-22)23-11-5-2-6-12-23/h1-6,9-16,18-19,24H,7-8,17,20H2,(H,28,29)/b14-13+/t24-/m1/s1. The number of carbonyl (C=O) groups is 1. The Balaban J connectivity index is 1.35. The van der Waals surface area contributed by atoms with Crippen molar-refractivity contribution in [1.29, 1.82) is 0 Å². The largest absolute Gasteiger partial charge is 0.353 e. The van der Waals surface area contributed by atoms with Crippen LogP contribution in [-0.4, -0.2) is 17.4 Å². The van der Waals surface area contributed by atoms with E-state index in [-0.39, 0.29) is 11.3 Å². The van der Waals surface area contributed by atoms with Crippen LogP contribution in [0.5, 0.6) is 0 Å². The number of benzene rings is 2. The summed E-state index contributed by atoms with van der Waals surface area (Å²) in [4.78, 5) is 16.3. The highest BCUT2D eigenvalue weighted by Crippen LogP contribution is 2.59. The maximum Gasteiger partial charge on any atom is 0.243 e. The van der Waals surface area contributed by atoms with E-state index >= 15 is 0 Å². The number of nitrogens with one attached hydrogen (secondary N) is 1. The van der Waals surface area contributed by atoms with Crippen LogP contribution in [0.15, 0.2) is 97.3 Å². The van der Waals surface area contributed by atoms with Crippen molar-refractivity contribution in [1.82, 2.24) is 10.3 Å². The molecule has 1 saturated carbocycles. The van der Waals surface area contributed by atoms with E-state index in [4.69, 9.17) is 0 Å². The van der Waals surface area contributed by atoms with Gasteiger partial charge in [-0.2, -0.15) is 0 Å². The SMILES string of the molecule is O=C(/C=C/[C@@H]1CC1(c1ccccc1)c1ccccc1)NCCCc1ccncc1. The molecule has 1 amide bonds. The Bertz CT molecular complexity index is 912. The quantitative estimate of drug-likeness (QED) is 0.453. The number of rotatable bonds is 8. The summed E-state index contributed by atoms with van der Waals surface area (Å²) in [6, 6.07) is 25.3. The average molecular weight is 383 g/mol. The Morgan fingerprint density at radius 1 is 0.966 bits per heavy atom. The maximum atomic E-state index is 12.3. The molecule has 3 heteroatoms. The molecule has 1 aliphatic rings. The third-order valence-electron chi connectivity index (χ3n) is 5.76. The minimum absolute atomic E-state index is 0.0124. The lowest BCUT2D eigenvalue weighted by atomic mass is 9.85. The normalized spacial score (nSPS) is 17.2. The van der Waals surface area contributed by atoms with Gasteiger partial charge >= 0.3 is 0 Å². The first kappa shape index (κ1) is 19.1. The van der Waals surface area contributed by atoms with Crippen LogP contribution >= 0.6 is 0 Å². The van der Waals surface area contributed by atoms with Gasteiger partial charge in [0, 0.05) is 24.4 Å². The molecule has 1 N–H and O–H groups in total. The first-order chi connectivity index (χ1) is 14.3. The molecule has 1 fully saturated rings. The van der Waals surface area contributed by atoms with Gasteiger partial charge in [-0.05, 0) is 60.1 Å². The molecule has 0 saturated heterocycles. The van der Waals surface area contributed by atoms with Crippen LogP contribution in [0.3, 0.4) is 0 Å². The number of nitrogens with zero attached hydrogens (tertiary/aromatic N) is 1. The topological polar surface area (TPSA) is 42.0 Å². The second-order valence-corrected chi connectivity index (χ2v) is 7.62. The van der Waals surface area contributed by atoms with E-state index in [1.165, 1.54) is 16.7 Å². The van der Waals surface area contributed by atoms with E-state index in [0.29, 0.717) is 12.5 Å². The maximum absolute atomic E-state index is 12.3. The molecule has 3 aromatic rings. The van der Waals surface area contributed by atoms with Gasteiger partial charge in [0.2, 0.25) is 5.91 Å². The van der Waals surface area contributed by atoms with Gasteiger partial charge < -0.3 is 5.32 Å². The predicted octanol–water partition coefficient (Wildman–Crippen LogP) is 4.69. The Kier molecular flexibility index (Phi) is 5.85. The van der Waals surface area contributed by atoms with E-state index in [1.54, 1.807) is 18.5 Å². The van der Waals surface area contributed by atoms with Crippen LogP contribution in [-0.2, 0) is 16.6 Å². The van der Waals surface area contributed by atoms with Crippen LogP contribution in [0.4, 0.5) is 0 Å². The van der Waals surface area contributed by atoms with Gasteiger partial charge in [0.1, 0.15) is 0 Å². The molecule has 146 valence electrons. The monoisotopic (exact) mass is 382 g/mol. The zero-order chi connectivity index (χ0) is 19.9. The second kappa shape index (κ2) is 8.87. The van der Waals surface area contributed by atoms with Crippen molar-refractivity contribution in [3.8, 4) is 0 Å². The summed E-state index contributed by atoms with van der Waals surface area (Å²) in [5.41, 5.74) is 3.87. The molecule has 0 spiro atoms. The molecule has 3 nitrogen and oxygen atoms in total. The Morgan fingerprint density at radius 3 is 2.21 bits per heavy atom. The summed E-state index contributed by atoms with van der Waals surface area (Å²) in [5.74, 6) is 0.330. The first-order valence-electron chi connectivity index (χ1n) is 10.2. The lowest BCUT2D eigenvalue weighted by Gasteiger charge is -2.18. The van der Waals surface area contributed by atoms with E-state index in [1.807, 2.05) is 12.1 Å². The number of carbonyl (C=O) groups excluding carboxylic acids is 1. The minimum atomic E-state index is -0.0132. The van der Waals surface area contributed by atoms with Gasteiger partial charge in [-0.3, -0.25) is 9.78 Å². The molecular weight excluding hydrogens is 356 g/mol. The van der Waals surface area contributed by atoms with Gasteiger partial charge in [-0.1, -0.05) is 66.7 Å². The fourth-order valence-corrected chi connectivity index (χ4v) is 4.14. The van der Waals surface area contributed by atoms with Crippen molar-refractivity contribution in [3.63, 3.8) is 0 Å². The van der Waals surface area contributed by atoms with Gasteiger partial charge in [0.15, 0.2) is 0 Å². The first-order valence-corrected chi connectivity index (χ1v) is 10.2. The van der Waals surface area contributed by atoms with E-state index in [9.17, 15) is 4.79 Å². The zero-order valence-electron chi connectivity index (χ0n) is 16.5.